The molecule has 1 N–H and O–H groups in total. The average Bonchev–Trinajstić information content (AvgIpc) is 1.90. The summed E-state index contributed by atoms with van der Waals surface area (Å²) in [6, 6.07) is 0. The molecular weight excluding hydrogens is 104 g/mol. The molecule has 0 spiro atoms. The van der Waals surface area contributed by atoms with Crippen molar-refractivity contribution in [2.45, 2.75) is 0 Å². The first-order valence-electron chi connectivity index (χ1n) is 2.93. The van der Waals surface area contributed by atoms with E-state index in [2.05, 4.69) is 10.4 Å². The Morgan fingerprint density at radius 1 is 1.50 bits per heavy atom. The molecule has 1 fully saturated rings. The third-order valence-electron chi connectivity index (χ3n) is 1.33. The van der Waals surface area contributed by atoms with Crippen LogP contribution in [0.5, 0.6) is 0 Å². The van der Waals surface area contributed by atoms with Crippen LogP contribution in [-0.4, -0.2) is 38.4 Å². The molecule has 0 atom stereocenters. The van der Waals surface area contributed by atoms with Crippen molar-refractivity contribution in [1.82, 2.24) is 10.4 Å². The Morgan fingerprint density at radius 3 is 2.50 bits per heavy atom. The van der Waals surface area contributed by atoms with E-state index in [0.29, 0.717) is 0 Å². The normalized spacial score (nSPS) is 23.6. The topological polar surface area (TPSA) is 24.5 Å². The van der Waals surface area contributed by atoms with Gasteiger partial charge in [-0.25, -0.2) is 5.01 Å². The Labute approximate surface area is 51.1 Å². The van der Waals surface area contributed by atoms with Crippen molar-refractivity contribution in [2.75, 3.05) is 33.4 Å². The van der Waals surface area contributed by atoms with E-state index in [-0.39, 0.29) is 1.43 Å². The van der Waals surface area contributed by atoms with Crippen molar-refractivity contribution in [3.05, 3.63) is 0 Å². The number of ether oxygens (including phenoxy) is 1. The molecule has 0 saturated carbocycles. The fourth-order valence-corrected chi connectivity index (χ4v) is 0.787. The van der Waals surface area contributed by atoms with Crippen molar-refractivity contribution >= 4 is 0 Å². The van der Waals surface area contributed by atoms with E-state index in [1.54, 1.807) is 0 Å². The quantitative estimate of drug-likeness (QED) is 0.511. The van der Waals surface area contributed by atoms with Crippen LogP contribution in [0.25, 0.3) is 0 Å². The van der Waals surface area contributed by atoms with Gasteiger partial charge < -0.3 is 4.74 Å². The SMILES string of the molecule is CNN1CCOCC1.[HH]. The standard InChI is InChI=1S/C5H12N2O.H2/c1-6-7-2-4-8-5-3-7;/h6H,2-5H2,1H3;1H. The van der Waals surface area contributed by atoms with E-state index < -0.39 is 0 Å². The maximum absolute atomic E-state index is 5.12. The number of nitrogens with zero attached hydrogens (tertiary/aromatic N) is 1. The minimum Gasteiger partial charge on any atom is -0.379 e. The highest BCUT2D eigenvalue weighted by Crippen LogP contribution is 1.89. The first kappa shape index (κ1) is 6.01. The van der Waals surface area contributed by atoms with Crippen LogP contribution in [0, 0.1) is 0 Å². The second-order valence-electron chi connectivity index (χ2n) is 1.82. The van der Waals surface area contributed by atoms with Crippen LogP contribution in [0.4, 0.5) is 0 Å². The van der Waals surface area contributed by atoms with Crippen LogP contribution < -0.4 is 5.43 Å². The van der Waals surface area contributed by atoms with Crippen molar-refractivity contribution in [1.29, 1.82) is 0 Å². The average molecular weight is 118 g/mol. The molecule has 0 radical (unpaired) electrons. The highest BCUT2D eigenvalue weighted by molar-refractivity contribution is 4.53. The fourth-order valence-electron chi connectivity index (χ4n) is 0.787. The van der Waals surface area contributed by atoms with E-state index in [0.717, 1.165) is 26.3 Å². The molecular formula is C5H14N2O. The number of morpholine rings is 1. The van der Waals surface area contributed by atoms with Crippen LogP contribution in [0.1, 0.15) is 1.43 Å². The van der Waals surface area contributed by atoms with Gasteiger partial charge in [0, 0.05) is 14.5 Å². The molecule has 1 heterocycles. The molecule has 0 aromatic rings. The molecule has 0 bridgehead atoms. The number of hydrogen-bond donors (Lipinski definition) is 1. The molecule has 0 amide bonds. The van der Waals surface area contributed by atoms with E-state index in [1.165, 1.54) is 0 Å². The number of hydrazine groups is 1. The Morgan fingerprint density at radius 2 is 2.12 bits per heavy atom. The van der Waals surface area contributed by atoms with Gasteiger partial charge in [-0.3, -0.25) is 5.43 Å². The van der Waals surface area contributed by atoms with Gasteiger partial charge in [0.05, 0.1) is 13.2 Å². The summed E-state index contributed by atoms with van der Waals surface area (Å²) in [5.41, 5.74) is 3.06. The molecule has 1 rings (SSSR count). The molecule has 3 nitrogen and oxygen atoms in total. The molecule has 1 aliphatic heterocycles. The summed E-state index contributed by atoms with van der Waals surface area (Å²) in [5, 5.41) is 2.14. The summed E-state index contributed by atoms with van der Waals surface area (Å²) >= 11 is 0. The lowest BCUT2D eigenvalue weighted by molar-refractivity contribution is 0.0171. The first-order chi connectivity index (χ1) is 3.93. The summed E-state index contributed by atoms with van der Waals surface area (Å²) < 4.78 is 5.12. The zero-order valence-electron chi connectivity index (χ0n) is 5.18. The molecule has 0 aromatic heterocycles. The highest BCUT2D eigenvalue weighted by Gasteiger charge is 2.05. The van der Waals surface area contributed by atoms with Crippen LogP contribution in [0.2, 0.25) is 0 Å². The first-order valence-corrected chi connectivity index (χ1v) is 2.93. The smallest absolute Gasteiger partial charge is 0.0608 e. The summed E-state index contributed by atoms with van der Waals surface area (Å²) in [6.45, 7) is 3.74. The van der Waals surface area contributed by atoms with Gasteiger partial charge in [0.2, 0.25) is 0 Å². The fraction of sp³-hybridized carbons (Fsp3) is 1.00. The molecule has 8 heavy (non-hydrogen) atoms. The van der Waals surface area contributed by atoms with E-state index in [1.807, 2.05) is 7.05 Å². The van der Waals surface area contributed by atoms with Gasteiger partial charge >= 0.3 is 0 Å². The van der Waals surface area contributed by atoms with Crippen LogP contribution in [0.15, 0.2) is 0 Å². The van der Waals surface area contributed by atoms with E-state index in [4.69, 9.17) is 4.74 Å². The minimum absolute atomic E-state index is 0. The van der Waals surface area contributed by atoms with Crippen molar-refractivity contribution in [3.63, 3.8) is 0 Å². The Balaban J connectivity index is 0.000000640. The molecule has 1 aliphatic rings. The maximum Gasteiger partial charge on any atom is 0.0608 e. The van der Waals surface area contributed by atoms with Gasteiger partial charge in [0.25, 0.3) is 0 Å². The van der Waals surface area contributed by atoms with Gasteiger partial charge in [-0.15, -0.1) is 0 Å². The van der Waals surface area contributed by atoms with E-state index >= 15 is 0 Å². The summed E-state index contributed by atoms with van der Waals surface area (Å²) in [7, 11) is 1.94. The third kappa shape index (κ3) is 1.43. The van der Waals surface area contributed by atoms with Crippen LogP contribution in [0.3, 0.4) is 0 Å². The lowest BCUT2D eigenvalue weighted by atomic mass is 10.5. The number of rotatable bonds is 1. The molecule has 0 aliphatic carbocycles. The zero-order valence-corrected chi connectivity index (χ0v) is 5.18. The highest BCUT2D eigenvalue weighted by atomic mass is 16.5. The van der Waals surface area contributed by atoms with Gasteiger partial charge in [0.15, 0.2) is 0 Å². The Hall–Kier alpha value is -0.120. The Bertz CT molecular complexity index is 66.0. The summed E-state index contributed by atoms with van der Waals surface area (Å²) in [6.07, 6.45) is 0. The minimum atomic E-state index is 0. The zero-order chi connectivity index (χ0) is 5.82. The Kier molecular flexibility index (Phi) is 2.27. The monoisotopic (exact) mass is 118 g/mol. The van der Waals surface area contributed by atoms with Gasteiger partial charge in [-0.05, 0) is 7.05 Å². The van der Waals surface area contributed by atoms with Crippen molar-refractivity contribution in [3.8, 4) is 0 Å². The largest absolute Gasteiger partial charge is 0.379 e. The van der Waals surface area contributed by atoms with Gasteiger partial charge in [0.1, 0.15) is 0 Å². The molecule has 1 saturated heterocycles. The lowest BCUT2D eigenvalue weighted by Gasteiger charge is -2.24. The molecule has 3 heteroatoms. The summed E-state index contributed by atoms with van der Waals surface area (Å²) in [5.74, 6) is 0. The van der Waals surface area contributed by atoms with Gasteiger partial charge in [-0.2, -0.15) is 0 Å². The molecule has 0 unspecified atom stereocenters. The van der Waals surface area contributed by atoms with Crippen molar-refractivity contribution < 1.29 is 6.16 Å². The van der Waals surface area contributed by atoms with Crippen LogP contribution >= 0.6 is 0 Å². The second kappa shape index (κ2) is 3.02. The third-order valence-corrected chi connectivity index (χ3v) is 1.33. The molecule has 0 aromatic carbocycles. The van der Waals surface area contributed by atoms with E-state index in [9.17, 15) is 0 Å². The van der Waals surface area contributed by atoms with Gasteiger partial charge in [-0.1, -0.05) is 0 Å². The maximum atomic E-state index is 5.12. The lowest BCUT2D eigenvalue weighted by Crippen LogP contribution is -2.43. The summed E-state index contributed by atoms with van der Waals surface area (Å²) in [4.78, 5) is 0. The number of hydrogen-bond acceptors (Lipinski definition) is 3. The van der Waals surface area contributed by atoms with Crippen LogP contribution in [-0.2, 0) is 4.74 Å². The number of nitrogens with one attached hydrogen (secondary N) is 1. The predicted octanol–water partition coefficient (Wildman–Crippen LogP) is -0.301. The predicted molar refractivity (Wildman–Crippen MR) is 33.6 cm³/mol. The van der Waals surface area contributed by atoms with Crippen molar-refractivity contribution in [2.24, 2.45) is 0 Å². The second-order valence-corrected chi connectivity index (χ2v) is 1.82. The molecule has 50 valence electrons.